The van der Waals surface area contributed by atoms with Crippen LogP contribution in [0, 0.1) is 5.92 Å². The molecule has 3 amide bonds. The van der Waals surface area contributed by atoms with Gasteiger partial charge in [-0.3, -0.25) is 4.79 Å². The molecule has 8 heteroatoms. The summed E-state index contributed by atoms with van der Waals surface area (Å²) in [6.45, 7) is 0.315. The van der Waals surface area contributed by atoms with E-state index in [0.29, 0.717) is 24.4 Å². The molecule has 3 atom stereocenters. The highest BCUT2D eigenvalue weighted by Crippen LogP contribution is 2.42. The summed E-state index contributed by atoms with van der Waals surface area (Å²) in [7, 11) is 3.27. The molecule has 172 valence electrons. The number of fused-ring (bicyclic) bond motifs is 5. The number of benzene rings is 2. The van der Waals surface area contributed by atoms with Gasteiger partial charge in [0.25, 0.3) is 0 Å². The number of piperidine rings is 1. The number of hydrogen-bond acceptors (Lipinski definition) is 4. The lowest BCUT2D eigenvalue weighted by Crippen LogP contribution is -2.58. The number of nitrogens with zero attached hydrogens (tertiary/aromatic N) is 2. The number of carbonyl (C=O) groups excluding carboxylic acids is 2. The first-order chi connectivity index (χ1) is 16.0. The van der Waals surface area contributed by atoms with Crippen LogP contribution in [0.25, 0.3) is 10.9 Å². The Morgan fingerprint density at radius 3 is 2.73 bits per heavy atom. The predicted octanol–water partition coefficient (Wildman–Crippen LogP) is 3.15. The van der Waals surface area contributed by atoms with E-state index in [4.69, 9.17) is 4.74 Å². The molecule has 3 heterocycles. The minimum absolute atomic E-state index is 0.104. The van der Waals surface area contributed by atoms with Crippen molar-refractivity contribution >= 4 is 28.5 Å². The molecular formula is C25H28N4O4. The van der Waals surface area contributed by atoms with Crippen molar-refractivity contribution in [3.8, 4) is 5.75 Å². The molecule has 2 aromatic carbocycles. The summed E-state index contributed by atoms with van der Waals surface area (Å²) in [6, 6.07) is 14.3. The van der Waals surface area contributed by atoms with Gasteiger partial charge in [0.1, 0.15) is 5.75 Å². The molecule has 5 rings (SSSR count). The SMILES string of the molecule is COc1ccc(NC(=O)N(C)[C@H]2C[C@H]3c4[nH]c5ccccc5c4CCN3C(=O)[C@H]2CO)cc1. The van der Waals surface area contributed by atoms with Crippen LogP contribution in [0.2, 0.25) is 0 Å². The minimum Gasteiger partial charge on any atom is -0.497 e. The summed E-state index contributed by atoms with van der Waals surface area (Å²) in [5.74, 6) is -0.0583. The van der Waals surface area contributed by atoms with Gasteiger partial charge in [-0.2, -0.15) is 0 Å². The first-order valence-electron chi connectivity index (χ1n) is 11.2. The van der Waals surface area contributed by atoms with Crippen LogP contribution in [0.4, 0.5) is 10.5 Å². The van der Waals surface area contributed by atoms with Gasteiger partial charge in [-0.1, -0.05) is 18.2 Å². The standard InChI is InChI=1S/C25H28N4O4/c1-28(25(32)26-15-7-9-16(33-2)10-8-15)21-13-22-23-18(17-5-3-4-6-20(17)27-23)11-12-29(22)24(31)19(21)14-30/h3-10,19,21-22,27,30H,11-14H2,1-2H3,(H,26,32)/t19-,21-,22-/m0/s1. The molecule has 0 saturated carbocycles. The van der Waals surface area contributed by atoms with Gasteiger partial charge in [0.15, 0.2) is 0 Å². The molecule has 0 bridgehead atoms. The van der Waals surface area contributed by atoms with Crippen molar-refractivity contribution in [3.05, 3.63) is 59.8 Å². The number of amides is 3. The molecule has 1 saturated heterocycles. The Balaban J connectivity index is 1.42. The molecule has 0 spiro atoms. The molecule has 2 aliphatic heterocycles. The van der Waals surface area contributed by atoms with E-state index in [2.05, 4.69) is 16.4 Å². The number of para-hydroxylation sites is 1. The van der Waals surface area contributed by atoms with E-state index < -0.39 is 12.0 Å². The van der Waals surface area contributed by atoms with Crippen LogP contribution >= 0.6 is 0 Å². The van der Waals surface area contributed by atoms with Gasteiger partial charge >= 0.3 is 6.03 Å². The van der Waals surface area contributed by atoms with E-state index in [-0.39, 0.29) is 24.6 Å². The van der Waals surface area contributed by atoms with Crippen molar-refractivity contribution in [2.24, 2.45) is 5.92 Å². The summed E-state index contributed by atoms with van der Waals surface area (Å²) in [5, 5.41) is 14.1. The second kappa shape index (κ2) is 8.44. The minimum atomic E-state index is -0.654. The van der Waals surface area contributed by atoms with Gasteiger partial charge in [0.05, 0.1) is 25.7 Å². The first kappa shape index (κ1) is 21.3. The molecular weight excluding hydrogens is 420 g/mol. The third-order valence-electron chi connectivity index (χ3n) is 7.04. The highest BCUT2D eigenvalue weighted by Gasteiger charge is 2.47. The lowest BCUT2D eigenvalue weighted by atomic mass is 9.82. The largest absolute Gasteiger partial charge is 0.497 e. The van der Waals surface area contributed by atoms with Crippen molar-refractivity contribution in [2.45, 2.75) is 24.9 Å². The lowest BCUT2D eigenvalue weighted by Gasteiger charge is -2.47. The van der Waals surface area contributed by atoms with E-state index in [1.807, 2.05) is 23.1 Å². The maximum atomic E-state index is 13.4. The number of ether oxygens (including phenoxy) is 1. The van der Waals surface area contributed by atoms with Gasteiger partial charge in [-0.15, -0.1) is 0 Å². The number of aliphatic hydroxyl groups excluding tert-OH is 1. The number of anilines is 1. The number of nitrogens with one attached hydrogen (secondary N) is 2. The first-order valence-corrected chi connectivity index (χ1v) is 11.2. The highest BCUT2D eigenvalue weighted by atomic mass is 16.5. The molecule has 0 aliphatic carbocycles. The zero-order valence-electron chi connectivity index (χ0n) is 18.7. The quantitative estimate of drug-likeness (QED) is 0.571. The third kappa shape index (κ3) is 3.60. The van der Waals surface area contributed by atoms with E-state index >= 15 is 0 Å². The number of rotatable bonds is 4. The van der Waals surface area contributed by atoms with Crippen molar-refractivity contribution in [1.29, 1.82) is 0 Å². The summed E-state index contributed by atoms with van der Waals surface area (Å²) < 4.78 is 5.16. The second-order valence-corrected chi connectivity index (χ2v) is 8.72. The zero-order valence-corrected chi connectivity index (χ0v) is 18.7. The fraction of sp³-hybridized carbons (Fsp3) is 0.360. The molecule has 1 fully saturated rings. The fourth-order valence-electron chi connectivity index (χ4n) is 5.26. The molecule has 33 heavy (non-hydrogen) atoms. The molecule has 0 radical (unpaired) electrons. The topological polar surface area (TPSA) is 97.9 Å². The Morgan fingerprint density at radius 2 is 2.00 bits per heavy atom. The normalized spacial score (nSPS) is 22.0. The molecule has 2 aliphatic rings. The average molecular weight is 449 g/mol. The number of hydrogen-bond donors (Lipinski definition) is 3. The fourth-order valence-corrected chi connectivity index (χ4v) is 5.26. The van der Waals surface area contributed by atoms with Crippen molar-refractivity contribution < 1.29 is 19.4 Å². The van der Waals surface area contributed by atoms with Gasteiger partial charge in [0.2, 0.25) is 5.91 Å². The van der Waals surface area contributed by atoms with E-state index in [0.717, 1.165) is 17.6 Å². The second-order valence-electron chi connectivity index (χ2n) is 8.72. The molecule has 3 aromatic rings. The van der Waals surface area contributed by atoms with Gasteiger partial charge in [-0.05, 0) is 48.7 Å². The number of aromatic amines is 1. The van der Waals surface area contributed by atoms with Crippen LogP contribution < -0.4 is 10.1 Å². The molecule has 8 nitrogen and oxygen atoms in total. The summed E-state index contributed by atoms with van der Waals surface area (Å²) in [4.78, 5) is 33.4. The number of carbonyl (C=O) groups is 2. The Hall–Kier alpha value is -3.52. The molecule has 1 aromatic heterocycles. The maximum Gasteiger partial charge on any atom is 0.321 e. The van der Waals surface area contributed by atoms with Crippen molar-refractivity contribution in [3.63, 3.8) is 0 Å². The summed E-state index contributed by atoms with van der Waals surface area (Å²) in [6.07, 6.45) is 1.33. The Bertz CT molecular complexity index is 1190. The van der Waals surface area contributed by atoms with E-state index in [1.54, 1.807) is 43.3 Å². The monoisotopic (exact) mass is 448 g/mol. The van der Waals surface area contributed by atoms with Crippen LogP contribution in [0.3, 0.4) is 0 Å². The number of urea groups is 1. The summed E-state index contributed by atoms with van der Waals surface area (Å²) in [5.41, 5.74) is 3.98. The number of methoxy groups -OCH3 is 1. The van der Waals surface area contributed by atoms with E-state index in [9.17, 15) is 14.7 Å². The lowest BCUT2D eigenvalue weighted by molar-refractivity contribution is -0.148. The van der Waals surface area contributed by atoms with Gasteiger partial charge in [-0.25, -0.2) is 4.79 Å². The van der Waals surface area contributed by atoms with E-state index in [1.165, 1.54) is 10.9 Å². The zero-order chi connectivity index (χ0) is 23.1. The van der Waals surface area contributed by atoms with Crippen molar-refractivity contribution in [1.82, 2.24) is 14.8 Å². The number of aliphatic hydroxyl groups is 1. The van der Waals surface area contributed by atoms with Crippen LogP contribution in [0.15, 0.2) is 48.5 Å². The summed E-state index contributed by atoms with van der Waals surface area (Å²) >= 11 is 0. The smallest absolute Gasteiger partial charge is 0.321 e. The maximum absolute atomic E-state index is 13.4. The van der Waals surface area contributed by atoms with Crippen LogP contribution in [0.1, 0.15) is 23.7 Å². The van der Waals surface area contributed by atoms with Crippen LogP contribution in [-0.2, 0) is 11.2 Å². The van der Waals surface area contributed by atoms with Crippen molar-refractivity contribution in [2.75, 3.05) is 32.6 Å². The van der Waals surface area contributed by atoms with Crippen LogP contribution in [0.5, 0.6) is 5.75 Å². The Labute approximate surface area is 192 Å². The highest BCUT2D eigenvalue weighted by molar-refractivity contribution is 5.91. The third-order valence-corrected chi connectivity index (χ3v) is 7.04. The molecule has 3 N–H and O–H groups in total. The van der Waals surface area contributed by atoms with Crippen LogP contribution in [-0.4, -0.2) is 65.2 Å². The predicted molar refractivity (Wildman–Crippen MR) is 125 cm³/mol. The Morgan fingerprint density at radius 1 is 1.24 bits per heavy atom. The number of aromatic nitrogens is 1. The molecule has 0 unspecified atom stereocenters. The van der Waals surface area contributed by atoms with Gasteiger partial charge < -0.3 is 29.9 Å². The Kier molecular flexibility index (Phi) is 5.46. The average Bonchev–Trinajstić information content (AvgIpc) is 3.23. The number of H-pyrrole nitrogens is 1. The van der Waals surface area contributed by atoms with Gasteiger partial charge in [0, 0.05) is 41.9 Å².